The van der Waals surface area contributed by atoms with Gasteiger partial charge in [-0.2, -0.15) is 0 Å². The molecule has 2 unspecified atom stereocenters. The predicted molar refractivity (Wildman–Crippen MR) is 46.4 cm³/mol. The summed E-state index contributed by atoms with van der Waals surface area (Å²) < 4.78 is -0.253. The minimum atomic E-state index is -0.253. The third-order valence-corrected chi connectivity index (χ3v) is 5.31. The quantitative estimate of drug-likeness (QED) is 0.740. The van der Waals surface area contributed by atoms with Crippen LogP contribution in [0.15, 0.2) is 0 Å². The van der Waals surface area contributed by atoms with Gasteiger partial charge in [0.15, 0.2) is 0 Å². The Bertz CT molecular complexity index is 149. The number of hydrogen-bond acceptors (Lipinski definition) is 2. The maximum Gasteiger partial charge on any atom is 0.0941 e. The molecule has 1 aliphatic carbocycles. The van der Waals surface area contributed by atoms with Gasteiger partial charge in [0.05, 0.1) is 9.84 Å². The molecule has 1 aliphatic rings. The molecule has 1 saturated carbocycles. The van der Waals surface area contributed by atoms with E-state index < -0.39 is 0 Å². The smallest absolute Gasteiger partial charge is 0.0941 e. The lowest BCUT2D eigenvalue weighted by atomic mass is 10.1. The molecule has 0 heterocycles. The second-order valence-electron chi connectivity index (χ2n) is 2.93. The molecule has 1 rings (SSSR count). The summed E-state index contributed by atoms with van der Waals surface area (Å²) in [6, 6.07) is 0. The summed E-state index contributed by atoms with van der Waals surface area (Å²) in [6.07, 6.45) is 0. The third-order valence-electron chi connectivity index (χ3n) is 2.40. The molecule has 0 aliphatic heterocycles. The van der Waals surface area contributed by atoms with Crippen LogP contribution in [-0.2, 0) is 0 Å². The van der Waals surface area contributed by atoms with E-state index in [2.05, 4.69) is 31.9 Å². The van der Waals surface area contributed by atoms with Crippen LogP contribution in [0, 0.1) is 11.3 Å². The molecule has 2 atom stereocenters. The van der Waals surface area contributed by atoms with Crippen molar-refractivity contribution in [2.45, 2.75) is 10.2 Å². The Balaban J connectivity index is 2.68. The van der Waals surface area contributed by atoms with Crippen LogP contribution in [0.2, 0.25) is 0 Å². The zero-order valence-corrected chi connectivity index (χ0v) is 8.81. The molecule has 0 saturated heterocycles. The average molecular weight is 274 g/mol. The van der Waals surface area contributed by atoms with Crippen LogP contribution in [0.25, 0.3) is 0 Å². The molecule has 0 aromatic rings. The monoisotopic (exact) mass is 272 g/mol. The van der Waals surface area contributed by atoms with Crippen molar-refractivity contribution in [1.29, 1.82) is 0 Å². The van der Waals surface area contributed by atoms with E-state index in [-0.39, 0.29) is 27.8 Å². The standard InChI is InChI=1S/C6H10Br2O2/c1-5(3-10)4(2-9)6(5,7)8/h4,9-10H,2-3H2,1H3. The van der Waals surface area contributed by atoms with Gasteiger partial charge >= 0.3 is 0 Å². The van der Waals surface area contributed by atoms with Gasteiger partial charge < -0.3 is 10.2 Å². The number of halogens is 2. The van der Waals surface area contributed by atoms with Crippen molar-refractivity contribution in [2.75, 3.05) is 13.2 Å². The van der Waals surface area contributed by atoms with Crippen LogP contribution in [0.1, 0.15) is 6.92 Å². The summed E-state index contributed by atoms with van der Waals surface area (Å²) in [7, 11) is 0. The Kier molecular flexibility index (Phi) is 2.19. The fourth-order valence-electron chi connectivity index (χ4n) is 1.21. The molecule has 0 radical (unpaired) electrons. The van der Waals surface area contributed by atoms with E-state index in [0.717, 1.165) is 0 Å². The molecule has 0 bridgehead atoms. The SMILES string of the molecule is CC1(CO)C(CO)C1(Br)Br. The lowest BCUT2D eigenvalue weighted by Crippen LogP contribution is -2.09. The first-order valence-electron chi connectivity index (χ1n) is 3.10. The van der Waals surface area contributed by atoms with Gasteiger partial charge in [-0.25, -0.2) is 0 Å². The van der Waals surface area contributed by atoms with Crippen molar-refractivity contribution in [2.24, 2.45) is 11.3 Å². The lowest BCUT2D eigenvalue weighted by molar-refractivity contribution is 0.184. The highest BCUT2D eigenvalue weighted by Crippen LogP contribution is 2.70. The summed E-state index contributed by atoms with van der Waals surface area (Å²) in [5, 5.41) is 17.8. The van der Waals surface area contributed by atoms with Gasteiger partial charge in [-0.05, 0) is 0 Å². The summed E-state index contributed by atoms with van der Waals surface area (Å²) >= 11 is 6.78. The van der Waals surface area contributed by atoms with Crippen molar-refractivity contribution in [3.8, 4) is 0 Å². The zero-order valence-electron chi connectivity index (χ0n) is 5.64. The van der Waals surface area contributed by atoms with Crippen LogP contribution in [0.4, 0.5) is 0 Å². The number of aliphatic hydroxyl groups excluding tert-OH is 2. The molecule has 0 aromatic heterocycles. The van der Waals surface area contributed by atoms with Crippen LogP contribution < -0.4 is 0 Å². The molecule has 0 aromatic carbocycles. The normalized spacial score (nSPS) is 43.5. The first-order chi connectivity index (χ1) is 4.50. The summed E-state index contributed by atoms with van der Waals surface area (Å²) in [4.78, 5) is 0. The van der Waals surface area contributed by atoms with E-state index in [1.54, 1.807) is 0 Å². The molecule has 2 nitrogen and oxygen atoms in total. The Labute approximate surface area is 76.9 Å². The largest absolute Gasteiger partial charge is 0.396 e. The van der Waals surface area contributed by atoms with Gasteiger partial charge in [-0.3, -0.25) is 0 Å². The molecule has 0 spiro atoms. The van der Waals surface area contributed by atoms with E-state index in [4.69, 9.17) is 10.2 Å². The molecule has 4 heteroatoms. The second kappa shape index (κ2) is 2.44. The van der Waals surface area contributed by atoms with Crippen molar-refractivity contribution in [3.63, 3.8) is 0 Å². The van der Waals surface area contributed by atoms with Crippen LogP contribution in [0.3, 0.4) is 0 Å². The number of aliphatic hydroxyl groups is 2. The Morgan fingerprint density at radius 3 is 2.00 bits per heavy atom. The highest BCUT2D eigenvalue weighted by molar-refractivity contribution is 9.25. The van der Waals surface area contributed by atoms with Crippen LogP contribution >= 0.6 is 31.9 Å². The topological polar surface area (TPSA) is 40.5 Å². The maximum atomic E-state index is 8.93. The van der Waals surface area contributed by atoms with Crippen molar-refractivity contribution in [3.05, 3.63) is 0 Å². The van der Waals surface area contributed by atoms with Crippen molar-refractivity contribution >= 4 is 31.9 Å². The first kappa shape index (κ1) is 8.97. The number of rotatable bonds is 2. The average Bonchev–Trinajstić information content (AvgIpc) is 2.29. The van der Waals surface area contributed by atoms with Gasteiger partial charge in [0.25, 0.3) is 0 Å². The van der Waals surface area contributed by atoms with E-state index in [1.807, 2.05) is 6.92 Å². The minimum Gasteiger partial charge on any atom is -0.396 e. The highest BCUT2D eigenvalue weighted by Gasteiger charge is 2.71. The molecule has 10 heavy (non-hydrogen) atoms. The zero-order chi connectivity index (χ0) is 7.99. The molecule has 1 fully saturated rings. The fraction of sp³-hybridized carbons (Fsp3) is 1.00. The van der Waals surface area contributed by atoms with E-state index >= 15 is 0 Å². The third kappa shape index (κ3) is 0.891. The van der Waals surface area contributed by atoms with Crippen molar-refractivity contribution < 1.29 is 10.2 Å². The van der Waals surface area contributed by atoms with Crippen LogP contribution in [-0.4, -0.2) is 26.7 Å². The number of hydrogen-bond donors (Lipinski definition) is 2. The summed E-state index contributed by atoms with van der Waals surface area (Å²) in [5.74, 6) is 0.116. The van der Waals surface area contributed by atoms with E-state index in [1.165, 1.54) is 0 Å². The van der Waals surface area contributed by atoms with Gasteiger partial charge in [-0.1, -0.05) is 38.8 Å². The second-order valence-corrected chi connectivity index (χ2v) is 6.50. The Hall–Kier alpha value is 0.880. The maximum absolute atomic E-state index is 8.93. The van der Waals surface area contributed by atoms with Gasteiger partial charge in [0, 0.05) is 17.9 Å². The molecule has 2 N–H and O–H groups in total. The lowest BCUT2D eigenvalue weighted by Gasteiger charge is -2.05. The number of alkyl halides is 2. The molecular formula is C6H10Br2O2. The molecular weight excluding hydrogens is 264 g/mol. The Morgan fingerprint density at radius 2 is 1.90 bits per heavy atom. The van der Waals surface area contributed by atoms with Gasteiger partial charge in [-0.15, -0.1) is 0 Å². The summed E-state index contributed by atoms with van der Waals surface area (Å²) in [6.45, 7) is 2.12. The highest BCUT2D eigenvalue weighted by atomic mass is 79.9. The molecule has 0 amide bonds. The fourth-order valence-corrected chi connectivity index (χ4v) is 3.08. The molecule has 60 valence electrons. The predicted octanol–water partition coefficient (Wildman–Crippen LogP) is 1.09. The van der Waals surface area contributed by atoms with E-state index in [0.29, 0.717) is 0 Å². The van der Waals surface area contributed by atoms with Crippen molar-refractivity contribution in [1.82, 2.24) is 0 Å². The summed E-state index contributed by atoms with van der Waals surface area (Å²) in [5.41, 5.74) is -0.207. The van der Waals surface area contributed by atoms with Crippen LogP contribution in [0.5, 0.6) is 0 Å². The van der Waals surface area contributed by atoms with Gasteiger partial charge in [0.1, 0.15) is 0 Å². The van der Waals surface area contributed by atoms with Gasteiger partial charge in [0.2, 0.25) is 0 Å². The first-order valence-corrected chi connectivity index (χ1v) is 4.69. The Morgan fingerprint density at radius 1 is 1.40 bits per heavy atom. The minimum absolute atomic E-state index is 0.0920. The van der Waals surface area contributed by atoms with E-state index in [9.17, 15) is 0 Å².